The molecule has 0 aliphatic carbocycles. The largest absolute Gasteiger partial charge is 0.468 e. The number of piperazine rings is 1. The summed E-state index contributed by atoms with van der Waals surface area (Å²) in [6.07, 6.45) is 1.70. The summed E-state index contributed by atoms with van der Waals surface area (Å²) in [5.41, 5.74) is 2.54. The Bertz CT molecular complexity index is 1240. The smallest absolute Gasteiger partial charge is 0.173 e. The first-order valence-corrected chi connectivity index (χ1v) is 11.2. The number of nitrogens with zero attached hydrogens (tertiary/aromatic N) is 7. The summed E-state index contributed by atoms with van der Waals surface area (Å²) in [6.45, 7) is 4.64. The van der Waals surface area contributed by atoms with Crippen LogP contribution in [0.3, 0.4) is 0 Å². The predicted molar refractivity (Wildman–Crippen MR) is 129 cm³/mol. The fraction of sp³-hybridized carbons (Fsp3) is 0.280. The van der Waals surface area contributed by atoms with E-state index in [-0.39, 0.29) is 24.3 Å². The minimum Gasteiger partial charge on any atom is -0.468 e. The molecule has 2 aromatic carbocycles. The average molecular weight is 494 g/mol. The van der Waals surface area contributed by atoms with Crippen molar-refractivity contribution in [3.63, 3.8) is 0 Å². The first kappa shape index (κ1) is 24.5. The van der Waals surface area contributed by atoms with Crippen LogP contribution in [0.15, 0.2) is 71.3 Å². The van der Waals surface area contributed by atoms with Crippen LogP contribution in [0.4, 0.5) is 4.39 Å². The van der Waals surface area contributed by atoms with Crippen LogP contribution < -0.4 is 0 Å². The van der Waals surface area contributed by atoms with E-state index in [0.29, 0.717) is 17.9 Å². The molecule has 0 saturated carbocycles. The molecule has 2 aromatic heterocycles. The van der Waals surface area contributed by atoms with Gasteiger partial charge in [-0.2, -0.15) is 5.26 Å². The topological polar surface area (TPSA) is 87.0 Å². The van der Waals surface area contributed by atoms with Crippen LogP contribution in [0.1, 0.15) is 34.3 Å². The average Bonchev–Trinajstić information content (AvgIpc) is 3.55. The third-order valence-corrected chi connectivity index (χ3v) is 6.14. The fourth-order valence-electron chi connectivity index (χ4n) is 4.35. The van der Waals surface area contributed by atoms with Crippen LogP contribution in [0.25, 0.3) is 0 Å². The van der Waals surface area contributed by atoms with Crippen molar-refractivity contribution < 1.29 is 8.81 Å². The second kappa shape index (κ2) is 11.2. The number of hydrogen-bond donors (Lipinski definition) is 0. The first-order chi connectivity index (χ1) is 16.7. The van der Waals surface area contributed by atoms with Gasteiger partial charge in [-0.05, 0) is 58.0 Å². The number of hydrogen-bond acceptors (Lipinski definition) is 7. The van der Waals surface area contributed by atoms with Crippen LogP contribution >= 0.6 is 12.4 Å². The van der Waals surface area contributed by atoms with E-state index in [1.807, 2.05) is 36.4 Å². The fourth-order valence-corrected chi connectivity index (χ4v) is 4.35. The molecule has 0 spiro atoms. The number of tetrazole rings is 1. The molecule has 0 amide bonds. The van der Waals surface area contributed by atoms with Crippen LogP contribution in [0.5, 0.6) is 0 Å². The van der Waals surface area contributed by atoms with E-state index in [2.05, 4.69) is 31.4 Å². The molecule has 0 N–H and O–H groups in total. The molecule has 8 nitrogen and oxygen atoms in total. The maximum absolute atomic E-state index is 13.4. The van der Waals surface area contributed by atoms with Gasteiger partial charge >= 0.3 is 0 Å². The van der Waals surface area contributed by atoms with E-state index < -0.39 is 0 Å². The molecule has 1 unspecified atom stereocenters. The molecule has 0 bridgehead atoms. The summed E-state index contributed by atoms with van der Waals surface area (Å²) in [4.78, 5) is 4.74. The van der Waals surface area contributed by atoms with Crippen LogP contribution in [0, 0.1) is 17.1 Å². The van der Waals surface area contributed by atoms with Crippen molar-refractivity contribution in [1.29, 1.82) is 5.26 Å². The van der Waals surface area contributed by atoms with Gasteiger partial charge < -0.3 is 4.42 Å². The van der Waals surface area contributed by atoms with Crippen molar-refractivity contribution >= 4 is 12.4 Å². The Hall–Kier alpha value is -3.58. The SMILES string of the molecule is Cl.N#Cc1ccc(C(c2nnnn2Cc2ccc(F)cc2)N2CCN(Cc3ccco3)CC2)cc1. The van der Waals surface area contributed by atoms with Crippen LogP contribution in [0.2, 0.25) is 0 Å². The van der Waals surface area contributed by atoms with Crippen molar-refractivity contribution in [2.24, 2.45) is 0 Å². The number of nitriles is 1. The Morgan fingerprint density at radius 2 is 1.71 bits per heavy atom. The summed E-state index contributed by atoms with van der Waals surface area (Å²) in [7, 11) is 0. The predicted octanol–water partition coefficient (Wildman–Crippen LogP) is 3.65. The molecule has 0 radical (unpaired) electrons. The summed E-state index contributed by atoms with van der Waals surface area (Å²) < 4.78 is 20.6. The molecule has 5 rings (SSSR count). The van der Waals surface area contributed by atoms with Crippen molar-refractivity contribution in [2.45, 2.75) is 19.1 Å². The normalized spacial score (nSPS) is 15.3. The summed E-state index contributed by atoms with van der Waals surface area (Å²) >= 11 is 0. The van der Waals surface area contributed by atoms with Crippen LogP contribution in [-0.4, -0.2) is 56.2 Å². The molecule has 1 fully saturated rings. The molecule has 180 valence electrons. The van der Waals surface area contributed by atoms with E-state index >= 15 is 0 Å². The lowest BCUT2D eigenvalue weighted by Crippen LogP contribution is -2.47. The van der Waals surface area contributed by atoms with Gasteiger partial charge in [-0.1, -0.05) is 24.3 Å². The molecule has 1 saturated heterocycles. The molecule has 1 aliphatic rings. The lowest BCUT2D eigenvalue weighted by Gasteiger charge is -2.38. The van der Waals surface area contributed by atoms with Gasteiger partial charge in [-0.15, -0.1) is 17.5 Å². The van der Waals surface area contributed by atoms with Gasteiger partial charge in [-0.25, -0.2) is 9.07 Å². The highest BCUT2D eigenvalue weighted by Gasteiger charge is 2.31. The molecule has 4 aromatic rings. The zero-order valence-electron chi connectivity index (χ0n) is 19.0. The highest BCUT2D eigenvalue weighted by Crippen LogP contribution is 2.29. The minimum absolute atomic E-state index is 0. The van der Waals surface area contributed by atoms with E-state index in [4.69, 9.17) is 4.42 Å². The Labute approximate surface area is 209 Å². The molecule has 3 heterocycles. The minimum atomic E-state index is -0.274. The highest BCUT2D eigenvalue weighted by molar-refractivity contribution is 5.85. The van der Waals surface area contributed by atoms with Crippen molar-refractivity contribution in [3.05, 3.63) is 101 Å². The number of furan rings is 1. The van der Waals surface area contributed by atoms with E-state index in [0.717, 1.165) is 49.6 Å². The van der Waals surface area contributed by atoms with E-state index in [9.17, 15) is 9.65 Å². The van der Waals surface area contributed by atoms with Gasteiger partial charge in [0.25, 0.3) is 0 Å². The Kier molecular flexibility index (Phi) is 7.87. The lowest BCUT2D eigenvalue weighted by atomic mass is 10.0. The first-order valence-electron chi connectivity index (χ1n) is 11.2. The monoisotopic (exact) mass is 493 g/mol. The van der Waals surface area contributed by atoms with E-state index in [1.54, 1.807) is 23.1 Å². The van der Waals surface area contributed by atoms with Gasteiger partial charge in [0.1, 0.15) is 11.6 Å². The van der Waals surface area contributed by atoms with Crippen molar-refractivity contribution in [1.82, 2.24) is 30.0 Å². The zero-order valence-corrected chi connectivity index (χ0v) is 19.8. The van der Waals surface area contributed by atoms with Crippen molar-refractivity contribution in [3.8, 4) is 6.07 Å². The maximum atomic E-state index is 13.4. The van der Waals surface area contributed by atoms with Crippen LogP contribution in [-0.2, 0) is 13.1 Å². The maximum Gasteiger partial charge on any atom is 0.173 e. The number of halogens is 2. The van der Waals surface area contributed by atoms with Gasteiger partial charge in [0.15, 0.2) is 5.82 Å². The molecule has 35 heavy (non-hydrogen) atoms. The Morgan fingerprint density at radius 1 is 0.971 bits per heavy atom. The quantitative estimate of drug-likeness (QED) is 0.388. The number of aromatic nitrogens is 4. The summed E-state index contributed by atoms with van der Waals surface area (Å²) in [6, 6.07) is 19.9. The number of benzene rings is 2. The highest BCUT2D eigenvalue weighted by atomic mass is 35.5. The molecule has 1 aliphatic heterocycles. The molecular weight excluding hydrogens is 469 g/mol. The summed E-state index contributed by atoms with van der Waals surface area (Å²) in [5, 5.41) is 21.8. The number of rotatable bonds is 7. The molecule has 1 atom stereocenters. The lowest BCUT2D eigenvalue weighted by molar-refractivity contribution is 0.0956. The Balaban J connectivity index is 0.00000289. The van der Waals surface area contributed by atoms with Gasteiger partial charge in [0, 0.05) is 26.2 Å². The van der Waals surface area contributed by atoms with Gasteiger partial charge in [0.05, 0.1) is 37.0 Å². The molecular formula is C25H25ClFN7O. The second-order valence-corrected chi connectivity index (χ2v) is 8.35. The second-order valence-electron chi connectivity index (χ2n) is 8.35. The van der Waals surface area contributed by atoms with Gasteiger partial charge in [-0.3, -0.25) is 9.80 Å². The standard InChI is InChI=1S/C25H24FN7O.ClH/c26-22-9-5-20(6-10-22)17-33-25(28-29-30-33)24(21-7-3-19(16-27)4-8-21)32-13-11-31(12-14-32)18-23-2-1-15-34-23;/h1-10,15,24H,11-14,17-18H2;1H. The molecule has 10 heteroatoms. The van der Waals surface area contributed by atoms with Gasteiger partial charge in [0.2, 0.25) is 0 Å². The summed E-state index contributed by atoms with van der Waals surface area (Å²) in [5.74, 6) is 1.40. The zero-order chi connectivity index (χ0) is 23.3. The third-order valence-electron chi connectivity index (χ3n) is 6.14. The third kappa shape index (κ3) is 5.74. The van der Waals surface area contributed by atoms with Crippen molar-refractivity contribution in [2.75, 3.05) is 26.2 Å². The van der Waals surface area contributed by atoms with E-state index in [1.165, 1.54) is 12.1 Å². The Morgan fingerprint density at radius 3 is 2.37 bits per heavy atom.